The molecule has 1 aliphatic heterocycles. The summed E-state index contributed by atoms with van der Waals surface area (Å²) in [5.41, 5.74) is 0.962. The molecule has 0 spiro atoms. The number of hydrogen-bond acceptors (Lipinski definition) is 6. The molecule has 1 aliphatic rings. The first-order valence-electron chi connectivity index (χ1n) is 6.95. The van der Waals surface area contributed by atoms with Crippen molar-refractivity contribution in [2.24, 2.45) is 0 Å². The molecule has 2 atom stereocenters. The molecule has 0 aromatic carbocycles. The maximum absolute atomic E-state index is 12.2. The van der Waals surface area contributed by atoms with Crippen LogP contribution in [0, 0.1) is 18.3 Å². The normalized spacial score (nSPS) is 21.5. The second-order valence-electron chi connectivity index (χ2n) is 6.13. The van der Waals surface area contributed by atoms with E-state index in [4.69, 9.17) is 14.8 Å². The summed E-state index contributed by atoms with van der Waals surface area (Å²) in [4.78, 5) is 21.5. The average Bonchev–Trinajstić information content (AvgIpc) is 2.79. The minimum absolute atomic E-state index is 0.189. The molecule has 1 fully saturated rings. The van der Waals surface area contributed by atoms with Gasteiger partial charge in [0.05, 0.1) is 17.3 Å². The Balaban J connectivity index is 2.28. The topological polar surface area (TPSA) is 95.7 Å². The molecule has 7 nitrogen and oxygen atoms in total. The summed E-state index contributed by atoms with van der Waals surface area (Å²) in [6.07, 6.45) is -0.0356. The van der Waals surface area contributed by atoms with Crippen LogP contribution in [-0.2, 0) is 9.57 Å². The van der Waals surface area contributed by atoms with E-state index in [9.17, 15) is 9.90 Å². The monoisotopic (exact) mass is 305 g/mol. The molecule has 1 aromatic rings. The van der Waals surface area contributed by atoms with Gasteiger partial charge in [0, 0.05) is 12.6 Å². The highest BCUT2D eigenvalue weighted by Gasteiger charge is 2.39. The lowest BCUT2D eigenvalue weighted by Gasteiger charge is -2.26. The number of hydroxylamine groups is 2. The minimum atomic E-state index is -1.11. The molecule has 2 heterocycles. The number of aliphatic hydroxyl groups excluding tert-OH is 1. The summed E-state index contributed by atoms with van der Waals surface area (Å²) < 4.78 is 5.27. The van der Waals surface area contributed by atoms with Gasteiger partial charge < -0.3 is 9.84 Å². The Kier molecular flexibility index (Phi) is 4.35. The number of rotatable bonds is 1. The number of aryl methyl sites for hydroxylation is 1. The molecule has 0 bridgehead atoms. The molecule has 1 saturated heterocycles. The Morgan fingerprint density at radius 3 is 2.86 bits per heavy atom. The Morgan fingerprint density at radius 1 is 1.59 bits per heavy atom. The standard InChI is InChI=1S/C15H19N3O4/c1-9-10(7-16)5-11(8-17-9)12-6-13(19)22-18(12)14(20)21-15(2,3)4/h5,8,12-13,19H,6H2,1-4H3/t12-,13?/m0/s1. The maximum Gasteiger partial charge on any atom is 0.435 e. The van der Waals surface area contributed by atoms with E-state index in [0.29, 0.717) is 16.8 Å². The fourth-order valence-electron chi connectivity index (χ4n) is 2.13. The van der Waals surface area contributed by atoms with E-state index >= 15 is 0 Å². The van der Waals surface area contributed by atoms with E-state index in [1.165, 1.54) is 0 Å². The summed E-state index contributed by atoms with van der Waals surface area (Å²) in [5, 5.41) is 19.8. The second-order valence-corrected chi connectivity index (χ2v) is 6.13. The number of nitriles is 1. The zero-order valence-electron chi connectivity index (χ0n) is 13.0. The highest BCUT2D eigenvalue weighted by molar-refractivity contribution is 5.68. The Morgan fingerprint density at radius 2 is 2.27 bits per heavy atom. The molecule has 7 heteroatoms. The summed E-state index contributed by atoms with van der Waals surface area (Å²) in [5.74, 6) is 0. The zero-order valence-corrected chi connectivity index (χ0v) is 13.0. The van der Waals surface area contributed by atoms with Gasteiger partial charge >= 0.3 is 6.09 Å². The van der Waals surface area contributed by atoms with Crippen LogP contribution in [0.2, 0.25) is 0 Å². The van der Waals surface area contributed by atoms with E-state index in [-0.39, 0.29) is 6.42 Å². The van der Waals surface area contributed by atoms with E-state index < -0.39 is 24.0 Å². The van der Waals surface area contributed by atoms with E-state index in [2.05, 4.69) is 11.1 Å². The average molecular weight is 305 g/mol. The van der Waals surface area contributed by atoms with Crippen molar-refractivity contribution in [1.82, 2.24) is 10.0 Å². The first-order valence-corrected chi connectivity index (χ1v) is 6.95. The number of aromatic nitrogens is 1. The molecular weight excluding hydrogens is 286 g/mol. The highest BCUT2D eigenvalue weighted by Crippen LogP contribution is 2.34. The fourth-order valence-corrected chi connectivity index (χ4v) is 2.13. The molecule has 1 unspecified atom stereocenters. The lowest BCUT2D eigenvalue weighted by Crippen LogP contribution is -2.36. The smallest absolute Gasteiger partial charge is 0.435 e. The summed E-state index contributed by atoms with van der Waals surface area (Å²) in [6, 6.07) is 3.15. The van der Waals surface area contributed by atoms with Crippen molar-refractivity contribution in [3.8, 4) is 6.07 Å². The molecule has 2 rings (SSSR count). The van der Waals surface area contributed by atoms with Gasteiger partial charge in [0.15, 0.2) is 6.29 Å². The van der Waals surface area contributed by atoms with Crippen LogP contribution in [0.25, 0.3) is 0 Å². The van der Waals surface area contributed by atoms with Crippen molar-refractivity contribution in [3.05, 3.63) is 29.1 Å². The van der Waals surface area contributed by atoms with Crippen LogP contribution in [0.3, 0.4) is 0 Å². The van der Waals surface area contributed by atoms with Crippen molar-refractivity contribution in [2.75, 3.05) is 0 Å². The number of aliphatic hydroxyl groups is 1. The van der Waals surface area contributed by atoms with Crippen molar-refractivity contribution >= 4 is 6.09 Å². The van der Waals surface area contributed by atoms with E-state index in [1.54, 1.807) is 40.0 Å². The third-order valence-electron chi connectivity index (χ3n) is 3.13. The van der Waals surface area contributed by atoms with Gasteiger partial charge in [0.1, 0.15) is 11.7 Å². The number of ether oxygens (including phenoxy) is 1. The van der Waals surface area contributed by atoms with Gasteiger partial charge in [0.2, 0.25) is 0 Å². The van der Waals surface area contributed by atoms with Gasteiger partial charge in [0.25, 0.3) is 0 Å². The molecule has 0 saturated carbocycles. The fraction of sp³-hybridized carbons (Fsp3) is 0.533. The first-order chi connectivity index (χ1) is 10.2. The second kappa shape index (κ2) is 5.91. The minimum Gasteiger partial charge on any atom is -0.442 e. The Hall–Kier alpha value is -2.17. The molecule has 1 aromatic heterocycles. The largest absolute Gasteiger partial charge is 0.442 e. The van der Waals surface area contributed by atoms with E-state index in [0.717, 1.165) is 5.06 Å². The van der Waals surface area contributed by atoms with Crippen molar-refractivity contribution in [1.29, 1.82) is 5.26 Å². The van der Waals surface area contributed by atoms with Crippen LogP contribution in [0.5, 0.6) is 0 Å². The van der Waals surface area contributed by atoms with Crippen LogP contribution in [0.1, 0.15) is 50.1 Å². The third kappa shape index (κ3) is 3.53. The molecule has 22 heavy (non-hydrogen) atoms. The Bertz CT molecular complexity index is 618. The third-order valence-corrected chi connectivity index (χ3v) is 3.13. The predicted octanol–water partition coefficient (Wildman–Crippen LogP) is 2.19. The van der Waals surface area contributed by atoms with E-state index in [1.807, 2.05) is 0 Å². The summed E-state index contributed by atoms with van der Waals surface area (Å²) in [7, 11) is 0. The molecule has 0 radical (unpaired) electrons. The van der Waals surface area contributed by atoms with Crippen molar-refractivity contribution in [3.63, 3.8) is 0 Å². The number of nitrogens with zero attached hydrogens (tertiary/aromatic N) is 3. The van der Waals surface area contributed by atoms with Crippen LogP contribution >= 0.6 is 0 Å². The molecule has 1 amide bonds. The van der Waals surface area contributed by atoms with Crippen LogP contribution < -0.4 is 0 Å². The number of amides is 1. The number of hydrogen-bond donors (Lipinski definition) is 1. The maximum atomic E-state index is 12.2. The lowest BCUT2D eigenvalue weighted by atomic mass is 10.0. The molecule has 1 N–H and O–H groups in total. The zero-order chi connectivity index (χ0) is 16.5. The quantitative estimate of drug-likeness (QED) is 0.854. The van der Waals surface area contributed by atoms with Crippen LogP contribution in [-0.4, -0.2) is 33.1 Å². The summed E-state index contributed by atoms with van der Waals surface area (Å²) in [6.45, 7) is 6.96. The van der Waals surface area contributed by atoms with Gasteiger partial charge in [-0.05, 0) is 39.3 Å². The highest BCUT2D eigenvalue weighted by atomic mass is 16.8. The SMILES string of the molecule is Cc1ncc([C@@H]2CC(O)ON2C(=O)OC(C)(C)C)cc1C#N. The predicted molar refractivity (Wildman–Crippen MR) is 76.2 cm³/mol. The van der Waals surface area contributed by atoms with Crippen LogP contribution in [0.4, 0.5) is 4.79 Å². The summed E-state index contributed by atoms with van der Waals surface area (Å²) >= 11 is 0. The van der Waals surface area contributed by atoms with Gasteiger partial charge in [-0.3, -0.25) is 4.98 Å². The lowest BCUT2D eigenvalue weighted by molar-refractivity contribution is -0.207. The van der Waals surface area contributed by atoms with Gasteiger partial charge in [-0.1, -0.05) is 0 Å². The number of carbonyl (C=O) groups is 1. The molecule has 118 valence electrons. The molecular formula is C15H19N3O4. The van der Waals surface area contributed by atoms with Crippen molar-refractivity contribution < 1.29 is 19.5 Å². The first kappa shape index (κ1) is 16.2. The Labute approximate surface area is 129 Å². The van der Waals surface area contributed by atoms with Crippen LogP contribution in [0.15, 0.2) is 12.3 Å². The van der Waals surface area contributed by atoms with Crippen molar-refractivity contribution in [2.45, 2.75) is 52.0 Å². The van der Waals surface area contributed by atoms with Gasteiger partial charge in [-0.2, -0.15) is 10.3 Å². The molecule has 0 aliphatic carbocycles. The number of carbonyl (C=O) groups excluding carboxylic acids is 1. The van der Waals surface area contributed by atoms with Gasteiger partial charge in [-0.25, -0.2) is 9.63 Å². The van der Waals surface area contributed by atoms with Gasteiger partial charge in [-0.15, -0.1) is 0 Å². The number of pyridine rings is 1.